The van der Waals surface area contributed by atoms with Crippen molar-refractivity contribution in [3.8, 4) is 23.0 Å². The summed E-state index contributed by atoms with van der Waals surface area (Å²) < 4.78 is 16.0. The van der Waals surface area contributed by atoms with Crippen LogP contribution in [0.15, 0.2) is 52.9 Å². The molecule has 1 amide bonds. The zero-order valence-corrected chi connectivity index (χ0v) is 13.9. The van der Waals surface area contributed by atoms with Crippen molar-refractivity contribution < 1.29 is 18.7 Å². The molecule has 0 aliphatic heterocycles. The van der Waals surface area contributed by atoms with Gasteiger partial charge in [-0.3, -0.25) is 4.79 Å². The first kappa shape index (κ1) is 16.5. The molecule has 3 aromatic rings. The average Bonchev–Trinajstić information content (AvgIpc) is 3.14. The van der Waals surface area contributed by atoms with Crippen LogP contribution in [0.5, 0.6) is 11.5 Å². The maximum absolute atomic E-state index is 12.3. The number of para-hydroxylation sites is 2. The highest BCUT2D eigenvalue weighted by atomic mass is 16.5. The lowest BCUT2D eigenvalue weighted by Crippen LogP contribution is -2.13. The van der Waals surface area contributed by atoms with Gasteiger partial charge in [0.1, 0.15) is 11.5 Å². The molecule has 0 unspecified atom stereocenters. The third kappa shape index (κ3) is 3.77. The zero-order chi connectivity index (χ0) is 17.6. The minimum absolute atomic E-state index is 0.128. The van der Waals surface area contributed by atoms with Crippen molar-refractivity contribution in [3.63, 3.8) is 0 Å². The van der Waals surface area contributed by atoms with Crippen molar-refractivity contribution in [1.82, 2.24) is 10.2 Å². The molecule has 0 aliphatic carbocycles. The van der Waals surface area contributed by atoms with E-state index < -0.39 is 5.91 Å². The molecule has 0 fully saturated rings. The smallest absolute Gasteiger partial charge is 0.313 e. The van der Waals surface area contributed by atoms with Crippen LogP contribution < -0.4 is 14.8 Å². The quantitative estimate of drug-likeness (QED) is 0.741. The Balaban J connectivity index is 1.76. The molecule has 2 aromatic carbocycles. The lowest BCUT2D eigenvalue weighted by molar-refractivity contribution is 0.0990. The topological polar surface area (TPSA) is 86.5 Å². The van der Waals surface area contributed by atoms with Crippen LogP contribution in [-0.4, -0.2) is 29.8 Å². The molecule has 0 saturated heterocycles. The maximum atomic E-state index is 12.3. The van der Waals surface area contributed by atoms with Crippen LogP contribution in [0.1, 0.15) is 17.6 Å². The lowest BCUT2D eigenvalue weighted by Gasteiger charge is -2.09. The van der Waals surface area contributed by atoms with Crippen LogP contribution in [0.3, 0.4) is 0 Å². The highest BCUT2D eigenvalue weighted by Gasteiger charge is 2.17. The van der Waals surface area contributed by atoms with Gasteiger partial charge in [0.2, 0.25) is 5.89 Å². The van der Waals surface area contributed by atoms with Crippen LogP contribution in [0.4, 0.5) is 5.69 Å². The van der Waals surface area contributed by atoms with E-state index in [4.69, 9.17) is 13.9 Å². The monoisotopic (exact) mass is 339 g/mol. The Morgan fingerprint density at radius 2 is 1.88 bits per heavy atom. The Kier molecular flexibility index (Phi) is 4.94. The lowest BCUT2D eigenvalue weighted by atomic mass is 10.2. The van der Waals surface area contributed by atoms with E-state index in [0.29, 0.717) is 29.4 Å². The van der Waals surface area contributed by atoms with Crippen LogP contribution in [0.2, 0.25) is 0 Å². The Hall–Kier alpha value is -3.35. The van der Waals surface area contributed by atoms with Gasteiger partial charge in [0.15, 0.2) is 0 Å². The molecule has 0 saturated carbocycles. The second-order valence-electron chi connectivity index (χ2n) is 5.02. The van der Waals surface area contributed by atoms with Crippen molar-refractivity contribution in [2.75, 3.05) is 19.0 Å². The number of aromatic nitrogens is 2. The summed E-state index contributed by atoms with van der Waals surface area (Å²) >= 11 is 0. The molecule has 3 rings (SSSR count). The summed E-state index contributed by atoms with van der Waals surface area (Å²) in [5.74, 6) is 0.921. The maximum Gasteiger partial charge on any atom is 0.313 e. The van der Waals surface area contributed by atoms with Gasteiger partial charge in [0.25, 0.3) is 0 Å². The standard InChI is InChI=1S/C18H17N3O4/c1-3-24-15-7-5-4-6-14(15)19-16(22)18-21-20-17(25-18)12-8-10-13(23-2)11-9-12/h4-11H,3H2,1-2H3,(H,19,22). The molecule has 0 spiro atoms. The van der Waals surface area contributed by atoms with E-state index >= 15 is 0 Å². The fraction of sp³-hybridized carbons (Fsp3) is 0.167. The van der Waals surface area contributed by atoms with Gasteiger partial charge in [-0.25, -0.2) is 0 Å². The van der Waals surface area contributed by atoms with E-state index in [1.807, 2.05) is 13.0 Å². The first-order valence-corrected chi connectivity index (χ1v) is 7.72. The number of benzene rings is 2. The minimum atomic E-state index is -0.501. The van der Waals surface area contributed by atoms with Crippen molar-refractivity contribution >= 4 is 11.6 Å². The molecule has 1 aromatic heterocycles. The van der Waals surface area contributed by atoms with Crippen LogP contribution in [0.25, 0.3) is 11.5 Å². The van der Waals surface area contributed by atoms with E-state index in [-0.39, 0.29) is 11.8 Å². The second kappa shape index (κ2) is 7.48. The van der Waals surface area contributed by atoms with Crippen molar-refractivity contribution in [3.05, 3.63) is 54.4 Å². The van der Waals surface area contributed by atoms with Gasteiger partial charge in [-0.05, 0) is 43.3 Å². The van der Waals surface area contributed by atoms with Gasteiger partial charge in [-0.2, -0.15) is 0 Å². The predicted molar refractivity (Wildman–Crippen MR) is 91.9 cm³/mol. The highest BCUT2D eigenvalue weighted by Crippen LogP contribution is 2.25. The largest absolute Gasteiger partial charge is 0.497 e. The molecule has 128 valence electrons. The Morgan fingerprint density at radius 1 is 1.12 bits per heavy atom. The molecule has 0 aliphatic rings. The van der Waals surface area contributed by atoms with Gasteiger partial charge >= 0.3 is 11.8 Å². The number of hydrogen-bond acceptors (Lipinski definition) is 6. The normalized spacial score (nSPS) is 10.3. The van der Waals surface area contributed by atoms with Gasteiger partial charge in [-0.15, -0.1) is 10.2 Å². The summed E-state index contributed by atoms with van der Waals surface area (Å²) in [6, 6.07) is 14.2. The van der Waals surface area contributed by atoms with E-state index in [9.17, 15) is 4.79 Å². The fourth-order valence-electron chi connectivity index (χ4n) is 2.19. The van der Waals surface area contributed by atoms with E-state index in [0.717, 1.165) is 0 Å². The van der Waals surface area contributed by atoms with Crippen LogP contribution in [0, 0.1) is 0 Å². The Bertz CT molecular complexity index is 859. The number of ether oxygens (including phenoxy) is 2. The summed E-state index contributed by atoms with van der Waals surface area (Å²) in [6.45, 7) is 2.37. The van der Waals surface area contributed by atoms with E-state index in [2.05, 4.69) is 15.5 Å². The number of nitrogens with zero attached hydrogens (tertiary/aromatic N) is 2. The summed E-state index contributed by atoms with van der Waals surface area (Å²) in [5, 5.41) is 10.4. The van der Waals surface area contributed by atoms with Crippen LogP contribution in [-0.2, 0) is 0 Å². The molecule has 25 heavy (non-hydrogen) atoms. The molecule has 0 radical (unpaired) electrons. The van der Waals surface area contributed by atoms with E-state index in [1.54, 1.807) is 49.6 Å². The fourth-order valence-corrected chi connectivity index (χ4v) is 2.19. The average molecular weight is 339 g/mol. The SMILES string of the molecule is CCOc1ccccc1NC(=O)c1nnc(-c2ccc(OC)cc2)o1. The first-order valence-electron chi connectivity index (χ1n) is 7.72. The Labute approximate surface area is 144 Å². The van der Waals surface area contributed by atoms with Crippen LogP contribution >= 0.6 is 0 Å². The number of nitrogens with one attached hydrogen (secondary N) is 1. The zero-order valence-electron chi connectivity index (χ0n) is 13.9. The molecule has 7 heteroatoms. The van der Waals surface area contributed by atoms with Crippen molar-refractivity contribution in [2.24, 2.45) is 0 Å². The minimum Gasteiger partial charge on any atom is -0.497 e. The first-order chi connectivity index (χ1) is 12.2. The summed E-state index contributed by atoms with van der Waals surface area (Å²) in [4.78, 5) is 12.3. The number of anilines is 1. The number of carbonyl (C=O) groups is 1. The van der Waals surface area contributed by atoms with Gasteiger partial charge in [0, 0.05) is 5.56 Å². The molecule has 0 bridgehead atoms. The van der Waals surface area contributed by atoms with Crippen molar-refractivity contribution in [1.29, 1.82) is 0 Å². The number of carbonyl (C=O) groups excluding carboxylic acids is 1. The van der Waals surface area contributed by atoms with E-state index in [1.165, 1.54) is 0 Å². The summed E-state index contributed by atoms with van der Waals surface area (Å²) in [5.41, 5.74) is 1.24. The Morgan fingerprint density at radius 3 is 2.60 bits per heavy atom. The number of hydrogen-bond donors (Lipinski definition) is 1. The summed E-state index contributed by atoms with van der Waals surface area (Å²) in [7, 11) is 1.59. The van der Waals surface area contributed by atoms with Crippen molar-refractivity contribution in [2.45, 2.75) is 6.92 Å². The van der Waals surface area contributed by atoms with Gasteiger partial charge in [-0.1, -0.05) is 12.1 Å². The molecule has 7 nitrogen and oxygen atoms in total. The second-order valence-corrected chi connectivity index (χ2v) is 5.02. The van der Waals surface area contributed by atoms with Gasteiger partial charge in [0.05, 0.1) is 19.4 Å². The molecular weight excluding hydrogens is 322 g/mol. The number of rotatable bonds is 6. The molecule has 0 atom stereocenters. The number of amides is 1. The third-order valence-electron chi connectivity index (χ3n) is 3.39. The van der Waals surface area contributed by atoms with Gasteiger partial charge < -0.3 is 19.2 Å². The molecule has 1 heterocycles. The highest BCUT2D eigenvalue weighted by molar-refractivity contribution is 6.01. The molecular formula is C18H17N3O4. The molecule has 1 N–H and O–H groups in total. The predicted octanol–water partition coefficient (Wildman–Crippen LogP) is 3.40. The summed E-state index contributed by atoms with van der Waals surface area (Å²) in [6.07, 6.45) is 0. The number of methoxy groups -OCH3 is 1. The third-order valence-corrected chi connectivity index (χ3v) is 3.39.